The number of aromatic nitrogens is 1. The van der Waals surface area contributed by atoms with Crippen LogP contribution in [0, 0.1) is 12.8 Å². The smallest absolute Gasteiger partial charge is 0.128 e. The second-order valence-electron chi connectivity index (χ2n) is 5.75. The van der Waals surface area contributed by atoms with E-state index in [2.05, 4.69) is 37.1 Å². The highest BCUT2D eigenvalue weighted by molar-refractivity contribution is 5.49. The van der Waals surface area contributed by atoms with Crippen LogP contribution in [0.15, 0.2) is 12.3 Å². The van der Waals surface area contributed by atoms with Gasteiger partial charge >= 0.3 is 0 Å². The molecule has 0 spiro atoms. The highest BCUT2D eigenvalue weighted by Crippen LogP contribution is 2.40. The molecule has 0 amide bonds. The Kier molecular flexibility index (Phi) is 3.91. The zero-order valence-corrected chi connectivity index (χ0v) is 11.8. The number of aryl methyl sites for hydroxylation is 1. The number of anilines is 1. The van der Waals surface area contributed by atoms with Crippen LogP contribution in [0.5, 0.6) is 0 Å². The van der Waals surface area contributed by atoms with Crippen LogP contribution in [0.4, 0.5) is 5.82 Å². The lowest BCUT2D eigenvalue weighted by Gasteiger charge is -2.40. The van der Waals surface area contributed by atoms with Crippen LogP contribution in [0.25, 0.3) is 0 Å². The summed E-state index contributed by atoms with van der Waals surface area (Å²) in [6.07, 6.45) is 6.79. The van der Waals surface area contributed by atoms with Gasteiger partial charge in [0.25, 0.3) is 0 Å². The van der Waals surface area contributed by atoms with Crippen molar-refractivity contribution in [1.82, 2.24) is 10.3 Å². The topological polar surface area (TPSA) is 50.9 Å². The second-order valence-corrected chi connectivity index (χ2v) is 5.75. The monoisotopic (exact) mass is 247 g/mol. The van der Waals surface area contributed by atoms with E-state index in [0.29, 0.717) is 11.7 Å². The number of nitrogens with zero attached hydrogens (tertiary/aromatic N) is 1. The maximum Gasteiger partial charge on any atom is 0.128 e. The number of nitrogens with two attached hydrogens (primary N) is 1. The van der Waals surface area contributed by atoms with Crippen LogP contribution < -0.4 is 11.1 Å². The summed E-state index contributed by atoms with van der Waals surface area (Å²) < 4.78 is 0. The van der Waals surface area contributed by atoms with Gasteiger partial charge in [-0.25, -0.2) is 4.98 Å². The molecule has 1 aliphatic rings. The maximum atomic E-state index is 6.18. The first kappa shape index (κ1) is 13.3. The van der Waals surface area contributed by atoms with Crippen molar-refractivity contribution in [3.05, 3.63) is 23.4 Å². The molecule has 100 valence electrons. The average molecular weight is 247 g/mol. The summed E-state index contributed by atoms with van der Waals surface area (Å²) in [5.41, 5.74) is 8.65. The molecule has 18 heavy (non-hydrogen) atoms. The van der Waals surface area contributed by atoms with Crippen LogP contribution in [-0.4, -0.2) is 11.5 Å². The summed E-state index contributed by atoms with van der Waals surface area (Å²) in [5.74, 6) is 1.21. The Hall–Kier alpha value is -1.09. The molecule has 3 N–H and O–H groups in total. The standard InChI is InChI=1S/C15H25N3/c1-11(2)15(8-5-4-6-9-18-15)13-12(3)7-10-17-14(13)16/h7,10-11,18H,4-6,8-9H2,1-3H3,(H2,16,17). The van der Waals surface area contributed by atoms with Crippen molar-refractivity contribution in [2.45, 2.75) is 52.0 Å². The molecule has 0 bridgehead atoms. The van der Waals surface area contributed by atoms with Crippen LogP contribution in [0.3, 0.4) is 0 Å². The predicted molar refractivity (Wildman–Crippen MR) is 76.4 cm³/mol. The van der Waals surface area contributed by atoms with Crippen molar-refractivity contribution in [1.29, 1.82) is 0 Å². The molecule has 0 saturated carbocycles. The molecule has 0 radical (unpaired) electrons. The normalized spacial score (nSPS) is 25.1. The van der Waals surface area contributed by atoms with E-state index in [1.165, 1.54) is 30.4 Å². The minimum atomic E-state index is -0.00106. The molecule has 1 saturated heterocycles. The van der Waals surface area contributed by atoms with Crippen molar-refractivity contribution >= 4 is 5.82 Å². The Morgan fingerprint density at radius 1 is 1.33 bits per heavy atom. The fourth-order valence-electron chi connectivity index (χ4n) is 3.26. The predicted octanol–water partition coefficient (Wildman–Crippen LogP) is 2.99. The van der Waals surface area contributed by atoms with Gasteiger partial charge in [-0.3, -0.25) is 0 Å². The van der Waals surface area contributed by atoms with E-state index < -0.39 is 0 Å². The molecular weight excluding hydrogens is 222 g/mol. The Morgan fingerprint density at radius 3 is 2.78 bits per heavy atom. The summed E-state index contributed by atoms with van der Waals surface area (Å²) in [6.45, 7) is 7.78. The fraction of sp³-hybridized carbons (Fsp3) is 0.667. The first-order chi connectivity index (χ1) is 8.58. The molecule has 1 atom stereocenters. The highest BCUT2D eigenvalue weighted by atomic mass is 15.0. The molecule has 1 fully saturated rings. The van der Waals surface area contributed by atoms with E-state index in [-0.39, 0.29) is 5.54 Å². The molecule has 0 aromatic carbocycles. The zero-order chi connectivity index (χ0) is 13.2. The Labute approximate surface area is 110 Å². The van der Waals surface area contributed by atoms with Crippen molar-refractivity contribution in [3.63, 3.8) is 0 Å². The average Bonchev–Trinajstić information content (AvgIpc) is 2.55. The largest absolute Gasteiger partial charge is 0.383 e. The third kappa shape index (κ3) is 2.24. The first-order valence-corrected chi connectivity index (χ1v) is 7.04. The summed E-state index contributed by atoms with van der Waals surface area (Å²) >= 11 is 0. The number of pyridine rings is 1. The minimum Gasteiger partial charge on any atom is -0.383 e. The van der Waals surface area contributed by atoms with Gasteiger partial charge in [-0.1, -0.05) is 26.7 Å². The molecule has 3 nitrogen and oxygen atoms in total. The molecule has 1 aromatic heterocycles. The summed E-state index contributed by atoms with van der Waals surface area (Å²) in [5, 5.41) is 3.77. The minimum absolute atomic E-state index is 0.00106. The van der Waals surface area contributed by atoms with E-state index in [1.54, 1.807) is 6.20 Å². The molecule has 3 heteroatoms. The Morgan fingerprint density at radius 2 is 2.11 bits per heavy atom. The highest BCUT2D eigenvalue weighted by Gasteiger charge is 2.38. The van der Waals surface area contributed by atoms with Gasteiger partial charge in [0, 0.05) is 17.3 Å². The lowest BCUT2D eigenvalue weighted by molar-refractivity contribution is 0.230. The van der Waals surface area contributed by atoms with E-state index in [1.807, 2.05) is 0 Å². The van der Waals surface area contributed by atoms with Crippen molar-refractivity contribution in [2.24, 2.45) is 5.92 Å². The third-order valence-corrected chi connectivity index (χ3v) is 4.31. The lowest BCUT2D eigenvalue weighted by Crippen LogP contribution is -2.47. The molecule has 2 rings (SSSR count). The number of nitrogens with one attached hydrogen (secondary N) is 1. The van der Waals surface area contributed by atoms with Gasteiger partial charge in [0.2, 0.25) is 0 Å². The molecule has 0 aliphatic carbocycles. The van der Waals surface area contributed by atoms with Gasteiger partial charge in [0.1, 0.15) is 5.82 Å². The molecule has 1 aromatic rings. The SMILES string of the molecule is Cc1ccnc(N)c1C1(C(C)C)CCCCCN1. The fourth-order valence-corrected chi connectivity index (χ4v) is 3.26. The molecule has 1 unspecified atom stereocenters. The van der Waals surface area contributed by atoms with Crippen LogP contribution >= 0.6 is 0 Å². The van der Waals surface area contributed by atoms with Gasteiger partial charge < -0.3 is 11.1 Å². The molecule has 2 heterocycles. The van der Waals surface area contributed by atoms with Gasteiger partial charge in [-0.05, 0) is 43.9 Å². The van der Waals surface area contributed by atoms with Gasteiger partial charge in [-0.15, -0.1) is 0 Å². The lowest BCUT2D eigenvalue weighted by atomic mass is 9.75. The molecule has 1 aliphatic heterocycles. The van der Waals surface area contributed by atoms with Gasteiger partial charge in [-0.2, -0.15) is 0 Å². The zero-order valence-electron chi connectivity index (χ0n) is 11.8. The maximum absolute atomic E-state index is 6.18. The van der Waals surface area contributed by atoms with Crippen LogP contribution in [-0.2, 0) is 5.54 Å². The number of hydrogen-bond acceptors (Lipinski definition) is 3. The number of hydrogen-bond donors (Lipinski definition) is 2. The quantitative estimate of drug-likeness (QED) is 0.844. The van der Waals surface area contributed by atoms with E-state index >= 15 is 0 Å². The van der Waals surface area contributed by atoms with Gasteiger partial charge in [0.05, 0.1) is 0 Å². The summed E-state index contributed by atoms with van der Waals surface area (Å²) in [4.78, 5) is 4.31. The van der Waals surface area contributed by atoms with E-state index in [9.17, 15) is 0 Å². The number of rotatable bonds is 2. The third-order valence-electron chi connectivity index (χ3n) is 4.31. The Bertz CT molecular complexity index is 384. The summed E-state index contributed by atoms with van der Waals surface area (Å²) in [7, 11) is 0. The van der Waals surface area contributed by atoms with Crippen LogP contribution in [0.2, 0.25) is 0 Å². The van der Waals surface area contributed by atoms with Crippen molar-refractivity contribution in [2.75, 3.05) is 12.3 Å². The summed E-state index contributed by atoms with van der Waals surface area (Å²) in [6, 6.07) is 2.07. The van der Waals surface area contributed by atoms with Crippen molar-refractivity contribution < 1.29 is 0 Å². The Balaban J connectivity index is 2.52. The van der Waals surface area contributed by atoms with E-state index in [4.69, 9.17) is 5.73 Å². The van der Waals surface area contributed by atoms with Gasteiger partial charge in [0.15, 0.2) is 0 Å². The number of nitrogen functional groups attached to an aromatic ring is 1. The second kappa shape index (κ2) is 5.27. The van der Waals surface area contributed by atoms with E-state index in [0.717, 1.165) is 13.0 Å². The molecular formula is C15H25N3. The van der Waals surface area contributed by atoms with Crippen molar-refractivity contribution in [3.8, 4) is 0 Å². The first-order valence-electron chi connectivity index (χ1n) is 7.04. The van der Waals surface area contributed by atoms with Crippen LogP contribution in [0.1, 0.15) is 50.7 Å².